The molecule has 0 unspecified atom stereocenters. The van der Waals surface area contributed by atoms with Crippen LogP contribution in [0, 0.1) is 0 Å². The van der Waals surface area contributed by atoms with Crippen LogP contribution in [0.3, 0.4) is 0 Å². The molecule has 278 valence electrons. The summed E-state index contributed by atoms with van der Waals surface area (Å²) < 4.78 is 9.08. The molecule has 0 aliphatic heterocycles. The molecule has 0 saturated heterocycles. The first kappa shape index (κ1) is 33.5. The summed E-state index contributed by atoms with van der Waals surface area (Å²) in [5.41, 5.74) is 15.3. The molecule has 5 nitrogen and oxygen atoms in total. The molecule has 3 aromatic heterocycles. The SMILES string of the molecule is CC1(C)c2ccccc2-c2cc3c4cc(-c5cccc6oc7cccc(-c8nc(-c9ccccc9)nc(-c9ccccc9)n8)c7c56)ccc4n(-c4ccccc4)c3cc21. The van der Waals surface area contributed by atoms with Crippen LogP contribution in [0.1, 0.15) is 25.0 Å². The van der Waals surface area contributed by atoms with Gasteiger partial charge in [0.25, 0.3) is 0 Å². The Morgan fingerprint density at radius 1 is 0.407 bits per heavy atom. The third kappa shape index (κ3) is 5.08. The molecule has 1 aliphatic carbocycles. The van der Waals surface area contributed by atoms with Gasteiger partial charge < -0.3 is 8.98 Å². The first-order valence-electron chi connectivity index (χ1n) is 20.1. The second-order valence-corrected chi connectivity index (χ2v) is 16.0. The standard InChI is InChI=1S/C54H36N4O/c1-54(2)43-25-13-12-22-38(43)40-31-42-41-30-35(28-29-45(41)58(46(42)32-44(40)54)36-20-10-5-11-21-36)37-23-14-26-47-49(37)50-39(24-15-27-48(50)59-47)53-56-51(33-16-6-3-7-17-33)55-52(57-53)34-18-8-4-9-19-34/h3-32H,1-2H3. The van der Waals surface area contributed by atoms with Crippen molar-refractivity contribution >= 4 is 43.7 Å². The highest BCUT2D eigenvalue weighted by Gasteiger charge is 2.36. The van der Waals surface area contributed by atoms with Crippen LogP contribution in [0.25, 0.3) is 106 Å². The summed E-state index contributed by atoms with van der Waals surface area (Å²) in [4.78, 5) is 15.2. The first-order valence-corrected chi connectivity index (χ1v) is 20.1. The van der Waals surface area contributed by atoms with Crippen molar-refractivity contribution in [1.82, 2.24) is 19.5 Å². The van der Waals surface area contributed by atoms with Gasteiger partial charge in [-0.3, -0.25) is 0 Å². The molecule has 0 spiro atoms. The van der Waals surface area contributed by atoms with Gasteiger partial charge in [0.05, 0.1) is 11.0 Å². The van der Waals surface area contributed by atoms with E-state index in [9.17, 15) is 0 Å². The number of aromatic nitrogens is 4. The van der Waals surface area contributed by atoms with E-state index < -0.39 is 0 Å². The fraction of sp³-hybridized carbons (Fsp3) is 0.0556. The van der Waals surface area contributed by atoms with Gasteiger partial charge in [-0.25, -0.2) is 15.0 Å². The Balaban J connectivity index is 1.11. The van der Waals surface area contributed by atoms with E-state index in [1.807, 2.05) is 72.8 Å². The first-order chi connectivity index (χ1) is 29.0. The second-order valence-electron chi connectivity index (χ2n) is 16.0. The van der Waals surface area contributed by atoms with E-state index in [1.54, 1.807) is 0 Å². The van der Waals surface area contributed by atoms with Gasteiger partial charge >= 0.3 is 0 Å². The van der Waals surface area contributed by atoms with Gasteiger partial charge in [0.2, 0.25) is 0 Å². The van der Waals surface area contributed by atoms with Gasteiger partial charge in [0.15, 0.2) is 17.5 Å². The Bertz CT molecular complexity index is 3400. The number of nitrogens with zero attached hydrogens (tertiary/aromatic N) is 4. The van der Waals surface area contributed by atoms with Crippen LogP contribution in [0.2, 0.25) is 0 Å². The van der Waals surface area contributed by atoms with Gasteiger partial charge in [-0.1, -0.05) is 147 Å². The van der Waals surface area contributed by atoms with E-state index in [0.29, 0.717) is 17.5 Å². The molecule has 0 saturated carbocycles. The van der Waals surface area contributed by atoms with E-state index in [2.05, 4.69) is 128 Å². The van der Waals surface area contributed by atoms with E-state index in [0.717, 1.165) is 55.4 Å². The minimum Gasteiger partial charge on any atom is -0.456 e. The molecular weight excluding hydrogens is 721 g/mol. The van der Waals surface area contributed by atoms with E-state index in [4.69, 9.17) is 19.4 Å². The predicted molar refractivity (Wildman–Crippen MR) is 241 cm³/mol. The van der Waals surface area contributed by atoms with E-state index in [-0.39, 0.29) is 5.41 Å². The van der Waals surface area contributed by atoms with Gasteiger partial charge in [-0.2, -0.15) is 0 Å². The van der Waals surface area contributed by atoms with Crippen molar-refractivity contribution in [2.75, 3.05) is 0 Å². The molecule has 12 rings (SSSR count). The molecule has 0 atom stereocenters. The maximum atomic E-state index is 6.65. The van der Waals surface area contributed by atoms with Crippen LogP contribution in [0.4, 0.5) is 0 Å². The normalized spacial score (nSPS) is 13.1. The van der Waals surface area contributed by atoms with Crippen molar-refractivity contribution in [2.45, 2.75) is 19.3 Å². The second kappa shape index (κ2) is 12.7. The van der Waals surface area contributed by atoms with Crippen molar-refractivity contribution in [2.24, 2.45) is 0 Å². The Morgan fingerprint density at radius 3 is 1.66 bits per heavy atom. The molecule has 0 bridgehead atoms. The molecule has 0 N–H and O–H groups in total. The number of rotatable bonds is 5. The molecule has 0 radical (unpaired) electrons. The monoisotopic (exact) mass is 756 g/mol. The maximum Gasteiger partial charge on any atom is 0.164 e. The summed E-state index contributed by atoms with van der Waals surface area (Å²) in [5.74, 6) is 1.84. The molecule has 3 heterocycles. The fourth-order valence-corrected chi connectivity index (χ4v) is 9.46. The Hall–Kier alpha value is -7.63. The molecule has 8 aromatic carbocycles. The summed E-state index contributed by atoms with van der Waals surface area (Å²) >= 11 is 0. The highest BCUT2D eigenvalue weighted by Crippen LogP contribution is 2.51. The third-order valence-corrected chi connectivity index (χ3v) is 12.3. The quantitative estimate of drug-likeness (QED) is 0.175. The molecule has 0 amide bonds. The van der Waals surface area contributed by atoms with Crippen molar-refractivity contribution in [3.05, 3.63) is 193 Å². The largest absolute Gasteiger partial charge is 0.456 e. The Labute approximate surface area is 340 Å². The third-order valence-electron chi connectivity index (χ3n) is 12.3. The molecule has 0 fully saturated rings. The summed E-state index contributed by atoms with van der Waals surface area (Å²) in [7, 11) is 0. The molecule has 5 heteroatoms. The molecular formula is C54H36N4O. The summed E-state index contributed by atoms with van der Waals surface area (Å²) in [6.45, 7) is 4.70. The van der Waals surface area contributed by atoms with Crippen molar-refractivity contribution in [3.8, 4) is 62.1 Å². The minimum absolute atomic E-state index is 0.110. The summed E-state index contributed by atoms with van der Waals surface area (Å²) in [6, 6.07) is 64.1. The average molecular weight is 757 g/mol. The Kier molecular flexibility index (Phi) is 7.20. The number of hydrogen-bond donors (Lipinski definition) is 0. The minimum atomic E-state index is -0.110. The lowest BCUT2D eigenvalue weighted by atomic mass is 9.82. The van der Waals surface area contributed by atoms with Crippen LogP contribution < -0.4 is 0 Å². The summed E-state index contributed by atoms with van der Waals surface area (Å²) in [5, 5.41) is 4.44. The van der Waals surface area contributed by atoms with Crippen LogP contribution in [0.5, 0.6) is 0 Å². The maximum absolute atomic E-state index is 6.65. The lowest BCUT2D eigenvalue weighted by molar-refractivity contribution is 0.661. The van der Waals surface area contributed by atoms with Gasteiger partial charge in [-0.15, -0.1) is 0 Å². The summed E-state index contributed by atoms with van der Waals surface area (Å²) in [6.07, 6.45) is 0. The molecule has 59 heavy (non-hydrogen) atoms. The fourth-order valence-electron chi connectivity index (χ4n) is 9.46. The van der Waals surface area contributed by atoms with Gasteiger partial charge in [0, 0.05) is 49.3 Å². The van der Waals surface area contributed by atoms with E-state index in [1.165, 1.54) is 44.1 Å². The average Bonchev–Trinajstić information content (AvgIpc) is 3.91. The number of fused-ring (bicyclic) bond motifs is 9. The van der Waals surface area contributed by atoms with Crippen LogP contribution in [0.15, 0.2) is 186 Å². The highest BCUT2D eigenvalue weighted by atomic mass is 16.3. The number of furan rings is 1. The number of hydrogen-bond acceptors (Lipinski definition) is 4. The van der Waals surface area contributed by atoms with Gasteiger partial charge in [0.1, 0.15) is 11.2 Å². The molecule has 1 aliphatic rings. The lowest BCUT2D eigenvalue weighted by Crippen LogP contribution is -2.14. The zero-order chi connectivity index (χ0) is 39.2. The molecule has 11 aromatic rings. The van der Waals surface area contributed by atoms with Crippen molar-refractivity contribution in [3.63, 3.8) is 0 Å². The van der Waals surface area contributed by atoms with Crippen LogP contribution >= 0.6 is 0 Å². The smallest absolute Gasteiger partial charge is 0.164 e. The zero-order valence-corrected chi connectivity index (χ0v) is 32.5. The van der Waals surface area contributed by atoms with Crippen molar-refractivity contribution in [1.29, 1.82) is 0 Å². The number of para-hydroxylation sites is 1. The van der Waals surface area contributed by atoms with E-state index >= 15 is 0 Å². The lowest BCUT2D eigenvalue weighted by Gasteiger charge is -2.21. The van der Waals surface area contributed by atoms with Crippen molar-refractivity contribution < 1.29 is 4.42 Å². The topological polar surface area (TPSA) is 56.7 Å². The van der Waals surface area contributed by atoms with Crippen LogP contribution in [-0.4, -0.2) is 19.5 Å². The zero-order valence-electron chi connectivity index (χ0n) is 32.5. The van der Waals surface area contributed by atoms with Crippen LogP contribution in [-0.2, 0) is 5.41 Å². The predicted octanol–water partition coefficient (Wildman–Crippen LogP) is 13.8. The highest BCUT2D eigenvalue weighted by molar-refractivity contribution is 6.19. The number of benzene rings is 8. The van der Waals surface area contributed by atoms with Gasteiger partial charge in [-0.05, 0) is 81.9 Å². The Morgan fingerprint density at radius 2 is 0.966 bits per heavy atom.